The molecule has 0 aromatic carbocycles. The highest BCUT2D eigenvalue weighted by atomic mass is 32.2. The maximum atomic E-state index is 11.3. The SMILES string of the molecule is CC(C)(C)N1CCC1.CC(C)(C)N1CCCC1.CC(C)(C)N1CCCCC1.CC(C)(C)N1CCCCC1.CC(C)(C)N1CCCN1.CC(C)(C)N1CCN(S(C)(=O)=O)CC1.CC(C)(C)N1CCNC1.CC(C)(C)N1CCNCC1.CC(C)(C)N1CCOCC1.CC(C)(C)N1CCSCC1.CN1CCN(C(C)(C)C)CC1. The number of rotatable bonds is 1. The Balaban J connectivity index is 0.000000606. The molecule has 0 aromatic rings. The Hall–Kier alpha value is -0.380. The average molecular weight is 1600 g/mol. The molecule has 11 saturated heterocycles. The van der Waals surface area contributed by atoms with Crippen LogP contribution in [-0.4, -0.2) is 361 Å². The lowest BCUT2D eigenvalue weighted by atomic mass is 10.0. The van der Waals surface area contributed by atoms with E-state index < -0.39 is 10.0 Å². The van der Waals surface area contributed by atoms with Crippen LogP contribution in [-0.2, 0) is 14.8 Å². The lowest BCUT2D eigenvalue weighted by Crippen LogP contribution is -2.54. The van der Waals surface area contributed by atoms with Crippen LogP contribution in [0.5, 0.6) is 0 Å². The number of piperidine rings is 2. The van der Waals surface area contributed by atoms with Crippen molar-refractivity contribution < 1.29 is 13.2 Å². The van der Waals surface area contributed by atoms with Gasteiger partial charge in [0.2, 0.25) is 10.0 Å². The van der Waals surface area contributed by atoms with Gasteiger partial charge in [0.1, 0.15) is 0 Å². The van der Waals surface area contributed by atoms with Crippen molar-refractivity contribution in [2.24, 2.45) is 0 Å². The van der Waals surface area contributed by atoms with Gasteiger partial charge in [0, 0.05) is 210 Å². The van der Waals surface area contributed by atoms with E-state index in [9.17, 15) is 8.42 Å². The second kappa shape index (κ2) is 50.0. The van der Waals surface area contributed by atoms with E-state index in [-0.39, 0.29) is 5.54 Å². The Morgan fingerprint density at radius 3 is 0.755 bits per heavy atom. The zero-order valence-corrected chi connectivity index (χ0v) is 81.9. The Morgan fingerprint density at radius 1 is 0.264 bits per heavy atom. The molecule has 110 heavy (non-hydrogen) atoms. The van der Waals surface area contributed by atoms with Gasteiger partial charge in [0.25, 0.3) is 0 Å². The van der Waals surface area contributed by atoms with Gasteiger partial charge in [-0.25, -0.2) is 13.4 Å². The third-order valence-electron chi connectivity index (χ3n) is 23.0. The molecule has 11 rings (SSSR count). The maximum Gasteiger partial charge on any atom is 0.211 e. The van der Waals surface area contributed by atoms with Gasteiger partial charge >= 0.3 is 0 Å². The van der Waals surface area contributed by atoms with Gasteiger partial charge in [0.15, 0.2) is 0 Å². The number of likely N-dealkylation sites (N-methyl/N-ethyl adjacent to an activating group) is 1. The zero-order chi connectivity index (χ0) is 84.4. The van der Waals surface area contributed by atoms with Crippen molar-refractivity contribution in [2.45, 2.75) is 354 Å². The fourth-order valence-corrected chi connectivity index (χ4v) is 16.4. The number of thioether (sulfide) groups is 1. The van der Waals surface area contributed by atoms with Gasteiger partial charge in [-0.3, -0.25) is 54.4 Å². The van der Waals surface area contributed by atoms with Crippen molar-refractivity contribution in [3.8, 4) is 0 Å². The quantitative estimate of drug-likeness (QED) is 0.231. The molecule has 11 aliphatic heterocycles. The molecule has 0 spiro atoms. The van der Waals surface area contributed by atoms with Gasteiger partial charge in [-0.2, -0.15) is 16.1 Å². The minimum absolute atomic E-state index is 0.142. The number of morpholine rings is 1. The Morgan fingerprint density at radius 2 is 0.536 bits per heavy atom. The number of likely N-dealkylation sites (tertiary alicyclic amines) is 4. The van der Waals surface area contributed by atoms with Gasteiger partial charge in [-0.1, -0.05) is 12.8 Å². The van der Waals surface area contributed by atoms with E-state index in [4.69, 9.17) is 4.74 Å². The molecule has 0 aliphatic carbocycles. The van der Waals surface area contributed by atoms with E-state index in [1.807, 2.05) is 0 Å². The van der Waals surface area contributed by atoms with Crippen molar-refractivity contribution in [3.63, 3.8) is 0 Å². The van der Waals surface area contributed by atoms with Crippen LogP contribution in [0.1, 0.15) is 293 Å². The highest BCUT2D eigenvalue weighted by molar-refractivity contribution is 7.99. The van der Waals surface area contributed by atoms with Crippen molar-refractivity contribution in [3.05, 3.63) is 0 Å². The fraction of sp³-hybridized carbons (Fsp3) is 1.00. The van der Waals surface area contributed by atoms with Crippen LogP contribution in [0.2, 0.25) is 0 Å². The van der Waals surface area contributed by atoms with Gasteiger partial charge in [-0.15, -0.1) is 0 Å². The van der Waals surface area contributed by atoms with E-state index in [1.54, 1.807) is 4.31 Å². The zero-order valence-electron chi connectivity index (χ0n) is 80.3. The lowest BCUT2D eigenvalue weighted by Gasteiger charge is -2.42. The predicted molar refractivity (Wildman–Crippen MR) is 487 cm³/mol. The van der Waals surface area contributed by atoms with Crippen molar-refractivity contribution in [1.82, 2.24) is 79.3 Å². The molecule has 660 valence electrons. The molecule has 0 unspecified atom stereocenters. The van der Waals surface area contributed by atoms with Crippen LogP contribution < -0.4 is 16.1 Å². The highest BCUT2D eigenvalue weighted by Crippen LogP contribution is 2.25. The number of hydrazine groups is 1. The summed E-state index contributed by atoms with van der Waals surface area (Å²) in [5.41, 5.74) is 7.21. The molecule has 0 bridgehead atoms. The average Bonchev–Trinajstić information content (AvgIpc) is 1.42. The Labute approximate surface area is 691 Å². The highest BCUT2D eigenvalue weighted by Gasteiger charge is 2.33. The van der Waals surface area contributed by atoms with Crippen LogP contribution in [0.25, 0.3) is 0 Å². The molecular weight excluding hydrogens is 1410 g/mol. The second-order valence-corrected chi connectivity index (χ2v) is 46.9. The van der Waals surface area contributed by atoms with Gasteiger partial charge in [-0.05, 0) is 339 Å². The van der Waals surface area contributed by atoms with Crippen LogP contribution in [0.15, 0.2) is 0 Å². The molecule has 19 nitrogen and oxygen atoms in total. The maximum absolute atomic E-state index is 11.3. The summed E-state index contributed by atoms with van der Waals surface area (Å²) < 4.78 is 29.3. The standard InChI is InChI=1S/C9H20N2O2S.C9H20N2.2C9H19N.C8H18N2.C8H17NO.C8H17NS.C8H17N.2C7H16N2.C7H15N/c1-9(2,3)10-5-7-11(8-6-10)14(4,12)13;1-9(2,3)11-7-5-10(4)6-8-11;2*1-9(2,3)10-7-5-4-6-8-10;1-8(2,3)10-6-4-9-5-7-10;2*1-8(2,3)9-4-6-10-7-5-9;1-8(2,3)9-6-4-5-7-9;1-7(2,3)9-5-4-8-6-9;1-7(2,3)9-6-4-5-8-9;1-7(2,3)8-5-4-6-8/h5-8H2,1-4H3;5-8H2,1-4H3;2*4-8H2,1-3H3;9H,4-7H2,1-3H3;2*4-7H2,1-3H3;4-7H2,1-3H3;2*8H,4-6H2,1-3H3;4-6H2,1-3H3. The monoisotopic (exact) mass is 1600 g/mol. The molecular formula is C89H194N16O3S2. The first kappa shape index (κ1) is 108. The third kappa shape index (κ3) is 48.6. The first-order valence-electron chi connectivity index (χ1n) is 44.4. The molecule has 0 amide bonds. The molecule has 3 N–H and O–H groups in total. The van der Waals surface area contributed by atoms with E-state index >= 15 is 0 Å². The topological polar surface area (TPSA) is 122 Å². The first-order valence-corrected chi connectivity index (χ1v) is 47.4. The minimum atomic E-state index is -2.99. The predicted octanol–water partition coefficient (Wildman–Crippen LogP) is 14.6. The van der Waals surface area contributed by atoms with E-state index in [0.717, 1.165) is 72.2 Å². The summed E-state index contributed by atoms with van der Waals surface area (Å²) in [6.07, 6.45) is 15.2. The molecule has 21 heteroatoms. The second-order valence-electron chi connectivity index (χ2n) is 43.7. The summed E-state index contributed by atoms with van der Waals surface area (Å²) >= 11 is 2.07. The van der Waals surface area contributed by atoms with E-state index in [1.165, 1.54) is 200 Å². The largest absolute Gasteiger partial charge is 0.379 e. The number of nitrogens with zero attached hydrogens (tertiary/aromatic N) is 13. The number of nitrogens with one attached hydrogen (secondary N) is 3. The van der Waals surface area contributed by atoms with Crippen molar-refractivity contribution >= 4 is 21.8 Å². The molecule has 11 fully saturated rings. The lowest BCUT2D eigenvalue weighted by molar-refractivity contribution is -0.00389. The van der Waals surface area contributed by atoms with E-state index in [0.29, 0.717) is 68.5 Å². The summed E-state index contributed by atoms with van der Waals surface area (Å²) in [5.74, 6) is 2.63. The number of hydrogen-bond acceptors (Lipinski definition) is 19. The van der Waals surface area contributed by atoms with Crippen LogP contribution in [0.3, 0.4) is 0 Å². The molecule has 11 aliphatic rings. The van der Waals surface area contributed by atoms with Crippen molar-refractivity contribution in [2.75, 3.05) is 228 Å². The molecule has 0 atom stereocenters. The van der Waals surface area contributed by atoms with E-state index in [2.05, 4.69) is 322 Å². The number of piperazine rings is 3. The van der Waals surface area contributed by atoms with Crippen LogP contribution >= 0.6 is 11.8 Å². The summed E-state index contributed by atoms with van der Waals surface area (Å²) in [6.45, 7) is 110. The summed E-state index contributed by atoms with van der Waals surface area (Å²) in [5, 5.41) is 8.95. The first-order chi connectivity index (χ1) is 50.2. The molecule has 0 radical (unpaired) electrons. The summed E-state index contributed by atoms with van der Waals surface area (Å²) in [7, 11) is -0.794. The molecule has 0 aromatic heterocycles. The minimum Gasteiger partial charge on any atom is -0.379 e. The van der Waals surface area contributed by atoms with Crippen molar-refractivity contribution in [1.29, 1.82) is 0 Å². The molecule has 11 heterocycles. The third-order valence-corrected chi connectivity index (χ3v) is 25.3. The van der Waals surface area contributed by atoms with Crippen LogP contribution in [0, 0.1) is 0 Å². The molecule has 0 saturated carbocycles. The van der Waals surface area contributed by atoms with Gasteiger partial charge in [0.05, 0.1) is 19.5 Å². The van der Waals surface area contributed by atoms with Gasteiger partial charge < -0.3 is 20.3 Å². The summed E-state index contributed by atoms with van der Waals surface area (Å²) in [4.78, 5) is 27.4. The van der Waals surface area contributed by atoms with Crippen LogP contribution in [0.4, 0.5) is 0 Å². The Bertz CT molecular complexity index is 2160. The number of hydrogen-bond donors (Lipinski definition) is 3. The number of ether oxygens (including phenoxy) is 1. The normalized spacial score (nSPS) is 23.1. The number of sulfonamides is 1. The fourth-order valence-electron chi connectivity index (χ4n) is 14.7. The smallest absolute Gasteiger partial charge is 0.211 e. The summed E-state index contributed by atoms with van der Waals surface area (Å²) in [6, 6.07) is 0. The Kier molecular flexibility index (Phi) is 48.9.